The van der Waals surface area contributed by atoms with Crippen LogP contribution >= 0.6 is 15.9 Å². The summed E-state index contributed by atoms with van der Waals surface area (Å²) in [6.45, 7) is 0. The summed E-state index contributed by atoms with van der Waals surface area (Å²) in [5, 5.41) is 23.8. The topological polar surface area (TPSA) is 74.8 Å². The van der Waals surface area contributed by atoms with Gasteiger partial charge in [0.15, 0.2) is 5.69 Å². The van der Waals surface area contributed by atoms with Crippen LogP contribution in [0.4, 0.5) is 0 Å². The van der Waals surface area contributed by atoms with Crippen molar-refractivity contribution in [2.24, 2.45) is 0 Å². The Hall–Kier alpha value is -2.18. The van der Waals surface area contributed by atoms with Crippen molar-refractivity contribution in [1.82, 2.24) is 9.61 Å². The number of hydrogen-bond acceptors (Lipinski definition) is 3. The van der Waals surface area contributed by atoms with E-state index in [-0.39, 0.29) is 5.69 Å². The van der Waals surface area contributed by atoms with E-state index in [2.05, 4.69) is 21.0 Å². The van der Waals surface area contributed by atoms with E-state index in [9.17, 15) is 15.0 Å². The monoisotopic (exact) mass is 346 g/mol. The summed E-state index contributed by atoms with van der Waals surface area (Å²) >= 11 is 3.34. The highest BCUT2D eigenvalue weighted by Crippen LogP contribution is 2.28. The lowest BCUT2D eigenvalue weighted by Crippen LogP contribution is -2.03. The van der Waals surface area contributed by atoms with Gasteiger partial charge in [0.05, 0.1) is 5.52 Å². The van der Waals surface area contributed by atoms with Gasteiger partial charge in [0.1, 0.15) is 6.10 Å². The van der Waals surface area contributed by atoms with Crippen LogP contribution in [0.25, 0.3) is 5.52 Å². The fraction of sp³-hybridized carbons (Fsp3) is 0.0667. The van der Waals surface area contributed by atoms with E-state index in [0.29, 0.717) is 16.6 Å². The molecule has 0 saturated carbocycles. The van der Waals surface area contributed by atoms with Crippen LogP contribution in [-0.2, 0) is 0 Å². The number of carbonyl (C=O) groups is 1. The smallest absolute Gasteiger partial charge is 0.354 e. The van der Waals surface area contributed by atoms with E-state index in [0.717, 1.165) is 4.47 Å². The van der Waals surface area contributed by atoms with Crippen molar-refractivity contribution in [1.29, 1.82) is 0 Å². The molecule has 0 saturated heterocycles. The van der Waals surface area contributed by atoms with Crippen molar-refractivity contribution >= 4 is 27.4 Å². The number of aromatic nitrogens is 2. The third kappa shape index (κ3) is 2.43. The predicted molar refractivity (Wildman–Crippen MR) is 80.4 cm³/mol. The highest BCUT2D eigenvalue weighted by Gasteiger charge is 2.21. The van der Waals surface area contributed by atoms with E-state index in [4.69, 9.17) is 0 Å². The number of carboxylic acid groups (broad SMARTS) is 1. The summed E-state index contributed by atoms with van der Waals surface area (Å²) in [7, 11) is 0. The summed E-state index contributed by atoms with van der Waals surface area (Å²) in [5.74, 6) is -1.09. The van der Waals surface area contributed by atoms with Crippen LogP contribution in [0.1, 0.15) is 27.7 Å². The Morgan fingerprint density at radius 3 is 2.62 bits per heavy atom. The zero-order valence-electron chi connectivity index (χ0n) is 10.8. The molecule has 1 atom stereocenters. The molecule has 106 valence electrons. The van der Waals surface area contributed by atoms with Crippen LogP contribution in [-0.4, -0.2) is 25.8 Å². The van der Waals surface area contributed by atoms with Gasteiger partial charge in [0.25, 0.3) is 0 Å². The maximum atomic E-state index is 11.3. The first-order chi connectivity index (χ1) is 10.1. The molecular weight excluding hydrogens is 336 g/mol. The molecule has 0 aliphatic carbocycles. The Labute approximate surface area is 128 Å². The maximum absolute atomic E-state index is 11.3. The average Bonchev–Trinajstić information content (AvgIpc) is 2.87. The number of aliphatic hydroxyl groups is 1. The Morgan fingerprint density at radius 1 is 1.24 bits per heavy atom. The van der Waals surface area contributed by atoms with Crippen molar-refractivity contribution in [3.05, 3.63) is 70.0 Å². The van der Waals surface area contributed by atoms with E-state index in [1.807, 2.05) is 12.1 Å². The Kier molecular flexibility index (Phi) is 3.48. The summed E-state index contributed by atoms with van der Waals surface area (Å²) < 4.78 is 2.23. The van der Waals surface area contributed by atoms with Gasteiger partial charge in [-0.05, 0) is 35.9 Å². The molecule has 3 aromatic rings. The van der Waals surface area contributed by atoms with E-state index in [1.54, 1.807) is 24.3 Å². The molecule has 0 spiro atoms. The lowest BCUT2D eigenvalue weighted by Gasteiger charge is -2.10. The van der Waals surface area contributed by atoms with Gasteiger partial charge in [-0.2, -0.15) is 5.10 Å². The van der Waals surface area contributed by atoms with Gasteiger partial charge in [-0.15, -0.1) is 0 Å². The summed E-state index contributed by atoms with van der Waals surface area (Å²) in [5.41, 5.74) is 1.80. The predicted octanol–water partition coefficient (Wildman–Crippen LogP) is 2.88. The van der Waals surface area contributed by atoms with Crippen LogP contribution in [0.15, 0.2) is 53.1 Å². The third-order valence-electron chi connectivity index (χ3n) is 3.27. The molecule has 0 aliphatic heterocycles. The van der Waals surface area contributed by atoms with Gasteiger partial charge in [0.2, 0.25) is 0 Å². The number of benzene rings is 1. The lowest BCUT2D eigenvalue weighted by molar-refractivity contribution is 0.0688. The average molecular weight is 347 g/mol. The minimum atomic E-state index is -1.09. The van der Waals surface area contributed by atoms with Gasteiger partial charge in [-0.3, -0.25) is 0 Å². The molecule has 1 unspecified atom stereocenters. The number of rotatable bonds is 3. The van der Waals surface area contributed by atoms with Crippen LogP contribution in [0.3, 0.4) is 0 Å². The van der Waals surface area contributed by atoms with Crippen molar-refractivity contribution in [2.75, 3.05) is 0 Å². The number of aliphatic hydroxyl groups excluding tert-OH is 1. The molecule has 0 radical (unpaired) electrons. The Balaban J connectivity index is 2.16. The minimum absolute atomic E-state index is 0.0248. The molecule has 2 aromatic heterocycles. The van der Waals surface area contributed by atoms with E-state index < -0.39 is 12.1 Å². The van der Waals surface area contributed by atoms with Crippen molar-refractivity contribution in [3.8, 4) is 0 Å². The van der Waals surface area contributed by atoms with Crippen LogP contribution in [0.2, 0.25) is 0 Å². The standard InChI is InChI=1S/C15H11BrN2O3/c16-10-5-3-9(4-6-10)14(19)11-8-13(15(20)21)18-12(11)2-1-7-17-18/h1-8,14,19H,(H,20,21). The number of hydrogen-bond donors (Lipinski definition) is 2. The minimum Gasteiger partial charge on any atom is -0.477 e. The second kappa shape index (κ2) is 5.31. The molecule has 2 N–H and O–H groups in total. The maximum Gasteiger partial charge on any atom is 0.354 e. The zero-order valence-corrected chi connectivity index (χ0v) is 12.4. The van der Waals surface area contributed by atoms with Gasteiger partial charge < -0.3 is 10.2 Å². The molecule has 3 rings (SSSR count). The van der Waals surface area contributed by atoms with Gasteiger partial charge in [-0.25, -0.2) is 9.31 Å². The lowest BCUT2D eigenvalue weighted by atomic mass is 10.0. The first-order valence-corrected chi connectivity index (χ1v) is 7.00. The zero-order chi connectivity index (χ0) is 15.0. The molecule has 0 bridgehead atoms. The molecule has 2 heterocycles. The number of carboxylic acids is 1. The SMILES string of the molecule is O=C(O)c1cc(C(O)c2ccc(Br)cc2)c2cccnn12. The first-order valence-electron chi connectivity index (χ1n) is 6.21. The molecule has 0 aliphatic rings. The highest BCUT2D eigenvalue weighted by molar-refractivity contribution is 9.10. The normalized spacial score (nSPS) is 12.5. The second-order valence-electron chi connectivity index (χ2n) is 4.56. The Morgan fingerprint density at radius 2 is 1.95 bits per heavy atom. The molecule has 1 aromatic carbocycles. The van der Waals surface area contributed by atoms with E-state index >= 15 is 0 Å². The van der Waals surface area contributed by atoms with Crippen molar-refractivity contribution < 1.29 is 15.0 Å². The molecule has 0 fully saturated rings. The second-order valence-corrected chi connectivity index (χ2v) is 5.48. The quantitative estimate of drug-likeness (QED) is 0.764. The number of aromatic carboxylic acids is 1. The van der Waals surface area contributed by atoms with Gasteiger partial charge >= 0.3 is 5.97 Å². The molecule has 5 nitrogen and oxygen atoms in total. The van der Waals surface area contributed by atoms with Crippen molar-refractivity contribution in [2.45, 2.75) is 6.10 Å². The number of nitrogens with zero attached hydrogens (tertiary/aromatic N) is 2. The van der Waals surface area contributed by atoms with Crippen LogP contribution < -0.4 is 0 Å². The summed E-state index contributed by atoms with van der Waals surface area (Å²) in [6.07, 6.45) is 0.597. The third-order valence-corrected chi connectivity index (χ3v) is 3.79. The fourth-order valence-electron chi connectivity index (χ4n) is 2.26. The molecular formula is C15H11BrN2O3. The van der Waals surface area contributed by atoms with Gasteiger partial charge in [0, 0.05) is 16.2 Å². The van der Waals surface area contributed by atoms with E-state index in [1.165, 1.54) is 16.8 Å². The largest absolute Gasteiger partial charge is 0.477 e. The summed E-state index contributed by atoms with van der Waals surface area (Å²) in [4.78, 5) is 11.3. The Bertz CT molecular complexity index is 811. The number of halogens is 1. The number of fused-ring (bicyclic) bond motifs is 1. The molecule has 6 heteroatoms. The van der Waals surface area contributed by atoms with Gasteiger partial charge in [-0.1, -0.05) is 28.1 Å². The molecule has 21 heavy (non-hydrogen) atoms. The first kappa shape index (κ1) is 13.8. The summed E-state index contributed by atoms with van der Waals surface area (Å²) in [6, 6.07) is 12.1. The highest BCUT2D eigenvalue weighted by atomic mass is 79.9. The molecule has 0 amide bonds. The van der Waals surface area contributed by atoms with Crippen LogP contribution in [0, 0.1) is 0 Å². The fourth-order valence-corrected chi connectivity index (χ4v) is 2.53. The van der Waals surface area contributed by atoms with Crippen molar-refractivity contribution in [3.63, 3.8) is 0 Å². The van der Waals surface area contributed by atoms with Crippen LogP contribution in [0.5, 0.6) is 0 Å².